The fourth-order valence-corrected chi connectivity index (χ4v) is 1.16. The number of likely N-dealkylation sites (N-methyl/N-ethyl adjacent to an activating group) is 1. The maximum atomic E-state index is 9.03. The Morgan fingerprint density at radius 1 is 1.62 bits per heavy atom. The second-order valence-electron chi connectivity index (χ2n) is 2.68. The van der Waals surface area contributed by atoms with Crippen LogP contribution in [0.5, 0.6) is 0 Å². The second kappa shape index (κ2) is 2.03. The van der Waals surface area contributed by atoms with E-state index in [1.807, 2.05) is 7.05 Å². The summed E-state index contributed by atoms with van der Waals surface area (Å²) >= 11 is 0. The molecule has 48 valence electrons. The fraction of sp³-hybridized carbons (Fsp3) is 1.00. The number of aliphatic hydroxyl groups is 1. The fourth-order valence-electron chi connectivity index (χ4n) is 1.16. The van der Waals surface area contributed by atoms with E-state index in [0.717, 1.165) is 13.0 Å². The standard InChI is InChI=1S/C6H13NO/c1-5-3-6(8)4-7(5)2/h5-6,8H,3-4H2,1-2H3/t5?,6-/m1/s1. The van der Waals surface area contributed by atoms with Crippen molar-refractivity contribution in [1.29, 1.82) is 0 Å². The summed E-state index contributed by atoms with van der Waals surface area (Å²) in [4.78, 5) is 2.17. The Labute approximate surface area is 50.1 Å². The molecule has 1 unspecified atom stereocenters. The Hall–Kier alpha value is -0.0800. The molecule has 0 aromatic heterocycles. The van der Waals surface area contributed by atoms with Gasteiger partial charge in [-0.05, 0) is 20.4 Å². The lowest BCUT2D eigenvalue weighted by molar-refractivity contribution is 0.182. The van der Waals surface area contributed by atoms with Crippen LogP contribution in [-0.2, 0) is 0 Å². The highest BCUT2D eigenvalue weighted by Gasteiger charge is 2.23. The summed E-state index contributed by atoms with van der Waals surface area (Å²) in [6.45, 7) is 2.98. The van der Waals surface area contributed by atoms with Crippen molar-refractivity contribution in [2.45, 2.75) is 25.5 Å². The van der Waals surface area contributed by atoms with Crippen molar-refractivity contribution >= 4 is 0 Å². The van der Waals surface area contributed by atoms with E-state index in [4.69, 9.17) is 5.11 Å². The van der Waals surface area contributed by atoms with E-state index in [-0.39, 0.29) is 6.10 Å². The molecular weight excluding hydrogens is 102 g/mol. The van der Waals surface area contributed by atoms with Gasteiger partial charge in [-0.2, -0.15) is 0 Å². The molecule has 0 aromatic carbocycles. The van der Waals surface area contributed by atoms with Gasteiger partial charge in [0.2, 0.25) is 0 Å². The van der Waals surface area contributed by atoms with Gasteiger partial charge in [0.15, 0.2) is 0 Å². The molecule has 1 fully saturated rings. The molecular formula is C6H13NO. The van der Waals surface area contributed by atoms with Gasteiger partial charge in [-0.3, -0.25) is 0 Å². The minimum absolute atomic E-state index is 0.0741. The molecule has 1 rings (SSSR count). The zero-order valence-electron chi connectivity index (χ0n) is 5.46. The van der Waals surface area contributed by atoms with Crippen molar-refractivity contribution in [2.75, 3.05) is 13.6 Å². The number of β-amino-alcohol motifs (C(OH)–C–C–N with tert-alkyl or cyclic N) is 1. The molecule has 0 spiro atoms. The summed E-state index contributed by atoms with van der Waals surface area (Å²) in [6.07, 6.45) is 0.867. The van der Waals surface area contributed by atoms with Crippen molar-refractivity contribution in [3.8, 4) is 0 Å². The van der Waals surface area contributed by atoms with Gasteiger partial charge in [-0.15, -0.1) is 0 Å². The largest absolute Gasteiger partial charge is 0.392 e. The third-order valence-electron chi connectivity index (χ3n) is 1.86. The van der Waals surface area contributed by atoms with Crippen molar-refractivity contribution in [1.82, 2.24) is 4.90 Å². The van der Waals surface area contributed by atoms with Crippen molar-refractivity contribution in [3.63, 3.8) is 0 Å². The molecule has 1 saturated heterocycles. The topological polar surface area (TPSA) is 23.5 Å². The molecule has 0 aromatic rings. The summed E-state index contributed by atoms with van der Waals surface area (Å²) < 4.78 is 0. The number of aliphatic hydroxyl groups excluding tert-OH is 1. The predicted octanol–water partition coefficient (Wildman–Crippen LogP) is 0.0713. The zero-order chi connectivity index (χ0) is 6.15. The summed E-state index contributed by atoms with van der Waals surface area (Å²) in [5, 5.41) is 9.03. The number of nitrogens with zero attached hydrogens (tertiary/aromatic N) is 1. The Bertz CT molecular complexity index is 74.6. The zero-order valence-corrected chi connectivity index (χ0v) is 5.46. The SMILES string of the molecule is CC1C[C@@H](O)CN1C. The van der Waals surface area contributed by atoms with Gasteiger partial charge in [0.25, 0.3) is 0 Å². The average molecular weight is 115 g/mol. The number of hydrogen-bond acceptors (Lipinski definition) is 2. The monoisotopic (exact) mass is 115 g/mol. The third-order valence-corrected chi connectivity index (χ3v) is 1.86. The van der Waals surface area contributed by atoms with Crippen molar-refractivity contribution < 1.29 is 5.11 Å². The van der Waals surface area contributed by atoms with Crippen LogP contribution in [0.2, 0.25) is 0 Å². The highest BCUT2D eigenvalue weighted by molar-refractivity contribution is 4.78. The van der Waals surface area contributed by atoms with Crippen molar-refractivity contribution in [3.05, 3.63) is 0 Å². The smallest absolute Gasteiger partial charge is 0.0681 e. The summed E-state index contributed by atoms with van der Waals surface area (Å²) in [5.74, 6) is 0. The normalized spacial score (nSPS) is 40.9. The van der Waals surface area contributed by atoms with Crippen LogP contribution in [0.15, 0.2) is 0 Å². The van der Waals surface area contributed by atoms with Crippen LogP contribution in [0.25, 0.3) is 0 Å². The van der Waals surface area contributed by atoms with Crippen LogP contribution in [0.3, 0.4) is 0 Å². The minimum Gasteiger partial charge on any atom is -0.392 e. The Kier molecular flexibility index (Phi) is 1.54. The molecule has 0 saturated carbocycles. The van der Waals surface area contributed by atoms with Crippen LogP contribution in [0.1, 0.15) is 13.3 Å². The van der Waals surface area contributed by atoms with E-state index < -0.39 is 0 Å². The van der Waals surface area contributed by atoms with E-state index in [1.165, 1.54) is 0 Å². The van der Waals surface area contributed by atoms with Crippen LogP contribution < -0.4 is 0 Å². The van der Waals surface area contributed by atoms with E-state index in [1.54, 1.807) is 0 Å². The molecule has 0 aliphatic carbocycles. The molecule has 1 aliphatic heterocycles. The number of hydrogen-bond donors (Lipinski definition) is 1. The van der Waals surface area contributed by atoms with Crippen LogP contribution in [0, 0.1) is 0 Å². The highest BCUT2D eigenvalue weighted by Crippen LogP contribution is 2.13. The molecule has 2 heteroatoms. The molecule has 0 amide bonds. The second-order valence-corrected chi connectivity index (χ2v) is 2.68. The highest BCUT2D eigenvalue weighted by atomic mass is 16.3. The van der Waals surface area contributed by atoms with Gasteiger partial charge < -0.3 is 10.0 Å². The van der Waals surface area contributed by atoms with Gasteiger partial charge in [-0.1, -0.05) is 0 Å². The first kappa shape index (κ1) is 6.05. The first-order valence-electron chi connectivity index (χ1n) is 3.08. The first-order chi connectivity index (χ1) is 3.70. The maximum Gasteiger partial charge on any atom is 0.0681 e. The quantitative estimate of drug-likeness (QED) is 0.483. The lowest BCUT2D eigenvalue weighted by Gasteiger charge is -2.11. The van der Waals surface area contributed by atoms with E-state index in [2.05, 4.69) is 11.8 Å². The molecule has 1 aliphatic rings. The first-order valence-corrected chi connectivity index (χ1v) is 3.08. The maximum absolute atomic E-state index is 9.03. The van der Waals surface area contributed by atoms with Crippen LogP contribution in [0.4, 0.5) is 0 Å². The van der Waals surface area contributed by atoms with Gasteiger partial charge in [-0.25, -0.2) is 0 Å². The van der Waals surface area contributed by atoms with E-state index in [9.17, 15) is 0 Å². The van der Waals surface area contributed by atoms with Gasteiger partial charge >= 0.3 is 0 Å². The summed E-state index contributed by atoms with van der Waals surface area (Å²) in [6, 6.07) is 0.574. The van der Waals surface area contributed by atoms with Crippen LogP contribution in [-0.4, -0.2) is 35.7 Å². The van der Waals surface area contributed by atoms with Gasteiger partial charge in [0, 0.05) is 12.6 Å². The van der Waals surface area contributed by atoms with Gasteiger partial charge in [0.1, 0.15) is 0 Å². The molecule has 2 nitrogen and oxygen atoms in total. The lowest BCUT2D eigenvalue weighted by atomic mass is 10.2. The Morgan fingerprint density at radius 3 is 2.38 bits per heavy atom. The third kappa shape index (κ3) is 1.01. The minimum atomic E-state index is -0.0741. The predicted molar refractivity (Wildman–Crippen MR) is 32.7 cm³/mol. The summed E-state index contributed by atoms with van der Waals surface area (Å²) in [7, 11) is 2.04. The Balaban J connectivity index is 2.39. The van der Waals surface area contributed by atoms with E-state index in [0.29, 0.717) is 6.04 Å². The molecule has 8 heavy (non-hydrogen) atoms. The molecule has 0 bridgehead atoms. The molecule has 1 heterocycles. The summed E-state index contributed by atoms with van der Waals surface area (Å²) in [5.41, 5.74) is 0. The van der Waals surface area contributed by atoms with Gasteiger partial charge in [0.05, 0.1) is 6.10 Å². The molecule has 2 atom stereocenters. The van der Waals surface area contributed by atoms with E-state index >= 15 is 0 Å². The van der Waals surface area contributed by atoms with Crippen LogP contribution >= 0.6 is 0 Å². The average Bonchev–Trinajstić information content (AvgIpc) is 1.85. The van der Waals surface area contributed by atoms with Crippen molar-refractivity contribution in [2.24, 2.45) is 0 Å². The number of rotatable bonds is 0. The number of likely N-dealkylation sites (tertiary alicyclic amines) is 1. The molecule has 0 radical (unpaired) electrons. The Morgan fingerprint density at radius 2 is 2.25 bits per heavy atom. The lowest BCUT2D eigenvalue weighted by Crippen LogP contribution is -2.21. The molecule has 1 N–H and O–H groups in total.